The van der Waals surface area contributed by atoms with Crippen molar-refractivity contribution in [2.24, 2.45) is 17.8 Å². The van der Waals surface area contributed by atoms with Crippen LogP contribution in [-0.4, -0.2) is 41.6 Å². The van der Waals surface area contributed by atoms with Crippen molar-refractivity contribution in [3.63, 3.8) is 0 Å². The van der Waals surface area contributed by atoms with Crippen molar-refractivity contribution in [2.45, 2.75) is 56.7 Å². The standard InChI is InChI=1S/C27H31F3N4O2/c1-14(18-4-3-5-19(23(18)28)25(29)30)31-26(36)20-13-34(27-8-15(9-27)10-27)22(35)7-21(20)32-24-16-6-17(24)12-33(2)11-16/h3-5,7,13-17,24-25,32H,6,8-12H2,1-2H3,(H,31,36)/t14-,15?,16-,17+,24+,27?/m1/s1. The van der Waals surface area contributed by atoms with Gasteiger partial charge in [-0.15, -0.1) is 0 Å². The topological polar surface area (TPSA) is 66.4 Å². The largest absolute Gasteiger partial charge is 0.381 e. The van der Waals surface area contributed by atoms with E-state index < -0.39 is 29.8 Å². The molecule has 1 aliphatic heterocycles. The lowest BCUT2D eigenvalue weighted by Gasteiger charge is -2.62. The lowest BCUT2D eigenvalue weighted by Crippen LogP contribution is -2.62. The third-order valence-corrected chi connectivity index (χ3v) is 8.96. The summed E-state index contributed by atoms with van der Waals surface area (Å²) >= 11 is 0. The van der Waals surface area contributed by atoms with E-state index in [0.29, 0.717) is 29.0 Å². The number of anilines is 1. The van der Waals surface area contributed by atoms with Crippen molar-refractivity contribution < 1.29 is 18.0 Å². The predicted octanol–water partition coefficient (Wildman–Crippen LogP) is 4.29. The second kappa shape index (κ2) is 8.36. The third kappa shape index (κ3) is 3.66. The Morgan fingerprint density at radius 2 is 1.81 bits per heavy atom. The first-order chi connectivity index (χ1) is 17.1. The van der Waals surface area contributed by atoms with E-state index in [2.05, 4.69) is 22.6 Å². The Labute approximate surface area is 207 Å². The highest BCUT2D eigenvalue weighted by molar-refractivity contribution is 5.99. The van der Waals surface area contributed by atoms with Gasteiger partial charge in [-0.1, -0.05) is 18.2 Å². The molecule has 1 aromatic carbocycles. The number of nitrogens with one attached hydrogen (secondary N) is 2. The summed E-state index contributed by atoms with van der Waals surface area (Å²) in [5.74, 6) is 0.0887. The van der Waals surface area contributed by atoms with Crippen LogP contribution in [0.2, 0.25) is 0 Å². The van der Waals surface area contributed by atoms with Crippen LogP contribution in [0.15, 0.2) is 35.3 Å². The van der Waals surface area contributed by atoms with E-state index in [0.717, 1.165) is 44.8 Å². The van der Waals surface area contributed by atoms with E-state index >= 15 is 0 Å². The molecule has 192 valence electrons. The summed E-state index contributed by atoms with van der Waals surface area (Å²) in [5, 5.41) is 6.28. The zero-order chi connectivity index (χ0) is 25.4. The van der Waals surface area contributed by atoms with E-state index in [-0.39, 0.29) is 22.7 Å². The maximum Gasteiger partial charge on any atom is 0.266 e. The summed E-state index contributed by atoms with van der Waals surface area (Å²) in [6.07, 6.45) is 2.67. The van der Waals surface area contributed by atoms with Crippen LogP contribution in [0.25, 0.3) is 0 Å². The molecule has 0 spiro atoms. The number of piperidine rings is 2. The number of carbonyl (C=O) groups excluding carboxylic acids is 1. The second-order valence-corrected chi connectivity index (χ2v) is 11.4. The Morgan fingerprint density at radius 3 is 2.42 bits per heavy atom. The van der Waals surface area contributed by atoms with Crippen molar-refractivity contribution in [2.75, 3.05) is 25.5 Å². The summed E-state index contributed by atoms with van der Waals surface area (Å²) in [5.41, 5.74) is -0.199. The van der Waals surface area contributed by atoms with Crippen LogP contribution < -0.4 is 16.2 Å². The molecule has 36 heavy (non-hydrogen) atoms. The number of hydrogen-bond acceptors (Lipinski definition) is 4. The molecular formula is C27H31F3N4O2. The number of alkyl halides is 2. The number of hydrogen-bond donors (Lipinski definition) is 2. The molecule has 0 radical (unpaired) electrons. The fraction of sp³-hybridized carbons (Fsp3) is 0.556. The molecule has 1 saturated heterocycles. The molecule has 9 heteroatoms. The van der Waals surface area contributed by atoms with Gasteiger partial charge in [0.2, 0.25) is 0 Å². The maximum absolute atomic E-state index is 14.7. The zero-order valence-electron chi connectivity index (χ0n) is 20.4. The number of halogens is 3. The number of fused-ring (bicyclic) bond motifs is 2. The first kappa shape index (κ1) is 23.6. The Kier molecular flexibility index (Phi) is 5.48. The minimum atomic E-state index is -2.94. The first-order valence-electron chi connectivity index (χ1n) is 12.7. The molecule has 0 unspecified atom stereocenters. The van der Waals surface area contributed by atoms with Crippen LogP contribution in [0.3, 0.4) is 0 Å². The van der Waals surface area contributed by atoms with Crippen molar-refractivity contribution in [3.05, 3.63) is 63.3 Å². The van der Waals surface area contributed by atoms with E-state index in [1.54, 1.807) is 17.7 Å². The molecular weight excluding hydrogens is 469 g/mol. The van der Waals surface area contributed by atoms with Gasteiger partial charge in [0.05, 0.1) is 22.9 Å². The van der Waals surface area contributed by atoms with Crippen LogP contribution in [0.5, 0.6) is 0 Å². The Morgan fingerprint density at radius 1 is 1.14 bits per heavy atom. The Balaban J connectivity index is 1.30. The van der Waals surface area contributed by atoms with Gasteiger partial charge in [-0.3, -0.25) is 9.59 Å². The molecule has 4 aliphatic carbocycles. The summed E-state index contributed by atoms with van der Waals surface area (Å²) in [6, 6.07) is 4.69. The first-order valence-corrected chi connectivity index (χ1v) is 12.7. The van der Waals surface area contributed by atoms with Gasteiger partial charge in [0, 0.05) is 42.5 Å². The van der Waals surface area contributed by atoms with Crippen molar-refractivity contribution in [1.82, 2.24) is 14.8 Å². The minimum Gasteiger partial charge on any atom is -0.381 e. The van der Waals surface area contributed by atoms with Crippen molar-refractivity contribution >= 4 is 11.6 Å². The van der Waals surface area contributed by atoms with Gasteiger partial charge < -0.3 is 20.1 Å². The smallest absolute Gasteiger partial charge is 0.266 e. The normalized spacial score (nSPS) is 31.2. The van der Waals surface area contributed by atoms with Crippen molar-refractivity contribution in [3.8, 4) is 0 Å². The fourth-order valence-corrected chi connectivity index (χ4v) is 6.89. The summed E-state index contributed by atoms with van der Waals surface area (Å²) in [7, 11) is 2.10. The van der Waals surface area contributed by atoms with E-state index in [1.165, 1.54) is 18.2 Å². The van der Waals surface area contributed by atoms with Crippen molar-refractivity contribution in [1.29, 1.82) is 0 Å². The highest BCUT2D eigenvalue weighted by atomic mass is 19.3. The number of rotatable bonds is 7. The highest BCUT2D eigenvalue weighted by Gasteiger charge is 2.58. The van der Waals surface area contributed by atoms with Crippen LogP contribution in [-0.2, 0) is 5.54 Å². The van der Waals surface area contributed by atoms with E-state index in [1.807, 2.05) is 0 Å². The number of benzene rings is 1. The Bertz CT molecular complexity index is 1250. The number of carbonyl (C=O) groups is 1. The van der Waals surface area contributed by atoms with Gasteiger partial charge in [0.1, 0.15) is 5.82 Å². The number of likely N-dealkylation sites (tertiary alicyclic amines) is 1. The van der Waals surface area contributed by atoms with E-state index in [9.17, 15) is 22.8 Å². The van der Waals surface area contributed by atoms with Gasteiger partial charge in [-0.2, -0.15) is 0 Å². The Hall–Kier alpha value is -2.81. The molecule has 1 aromatic heterocycles. The second-order valence-electron chi connectivity index (χ2n) is 11.4. The predicted molar refractivity (Wildman–Crippen MR) is 130 cm³/mol. The minimum absolute atomic E-state index is 0.0000331. The third-order valence-electron chi connectivity index (χ3n) is 8.96. The molecule has 2 N–H and O–H groups in total. The summed E-state index contributed by atoms with van der Waals surface area (Å²) in [4.78, 5) is 28.9. The fourth-order valence-electron chi connectivity index (χ4n) is 6.89. The summed E-state index contributed by atoms with van der Waals surface area (Å²) < 4.78 is 42.8. The lowest BCUT2D eigenvalue weighted by atomic mass is 9.49. The van der Waals surface area contributed by atoms with Gasteiger partial charge in [0.25, 0.3) is 17.9 Å². The lowest BCUT2D eigenvalue weighted by molar-refractivity contribution is -0.0914. The van der Waals surface area contributed by atoms with Crippen LogP contribution in [0, 0.1) is 23.6 Å². The average Bonchev–Trinajstić information content (AvgIpc) is 2.76. The molecule has 5 fully saturated rings. The molecule has 4 atom stereocenters. The quantitative estimate of drug-likeness (QED) is 0.596. The van der Waals surface area contributed by atoms with Crippen LogP contribution in [0.1, 0.15) is 66.6 Å². The number of aromatic nitrogens is 1. The van der Waals surface area contributed by atoms with Gasteiger partial charge in [-0.05, 0) is 57.4 Å². The van der Waals surface area contributed by atoms with Gasteiger partial charge in [0.15, 0.2) is 0 Å². The monoisotopic (exact) mass is 500 g/mol. The summed E-state index contributed by atoms with van der Waals surface area (Å²) in [6.45, 7) is 3.50. The maximum atomic E-state index is 14.7. The molecule has 4 bridgehead atoms. The van der Waals surface area contributed by atoms with Crippen LogP contribution >= 0.6 is 0 Å². The molecule has 5 aliphatic rings. The zero-order valence-corrected chi connectivity index (χ0v) is 20.4. The number of pyridine rings is 1. The average molecular weight is 501 g/mol. The molecule has 7 rings (SSSR count). The molecule has 6 nitrogen and oxygen atoms in total. The molecule has 4 saturated carbocycles. The SMILES string of the molecule is C[C@@H](NC(=O)c1cn(C23CC(C2)C3)c(=O)cc1N[C@H]1[C@@H]2C[C@H]1CN(C)C2)c1cccc(C(F)F)c1F. The highest BCUT2D eigenvalue weighted by Crippen LogP contribution is 2.61. The molecule has 2 aromatic rings. The number of amides is 1. The van der Waals surface area contributed by atoms with Crippen LogP contribution in [0.4, 0.5) is 18.9 Å². The molecule has 2 heterocycles. The number of nitrogens with zero attached hydrogens (tertiary/aromatic N) is 2. The van der Waals surface area contributed by atoms with Gasteiger partial charge in [-0.25, -0.2) is 13.2 Å². The van der Waals surface area contributed by atoms with Gasteiger partial charge >= 0.3 is 0 Å². The van der Waals surface area contributed by atoms with E-state index in [4.69, 9.17) is 0 Å². The molecule has 1 amide bonds.